The zero-order valence-electron chi connectivity index (χ0n) is 23.9. The summed E-state index contributed by atoms with van der Waals surface area (Å²) in [5.74, 6) is 0.561. The summed E-state index contributed by atoms with van der Waals surface area (Å²) >= 11 is 9.98. The van der Waals surface area contributed by atoms with E-state index in [4.69, 9.17) is 22.1 Å². The topological polar surface area (TPSA) is 79.3 Å². The van der Waals surface area contributed by atoms with Crippen molar-refractivity contribution >= 4 is 39.0 Å². The molecule has 1 heterocycles. The molecule has 0 radical (unpaired) electrons. The summed E-state index contributed by atoms with van der Waals surface area (Å²) in [4.78, 5) is 15.9. The molecular weight excluding hydrogens is 598 g/mol. The van der Waals surface area contributed by atoms with Crippen LogP contribution in [0.2, 0.25) is 5.02 Å². The third-order valence-corrected chi connectivity index (χ3v) is 8.97. The molecule has 3 aromatic carbocycles. The van der Waals surface area contributed by atoms with Gasteiger partial charge < -0.3 is 10.5 Å². The van der Waals surface area contributed by atoms with Crippen molar-refractivity contribution in [2.75, 3.05) is 4.90 Å². The second kappa shape index (κ2) is 11.0. The number of ether oxygens (including phenoxy) is 1. The summed E-state index contributed by atoms with van der Waals surface area (Å²) in [6, 6.07) is 20.0. The van der Waals surface area contributed by atoms with Crippen LogP contribution >= 0.6 is 27.5 Å². The molecule has 0 saturated heterocycles. The molecule has 0 bridgehead atoms. The minimum absolute atomic E-state index is 0.0392. The fourth-order valence-electron chi connectivity index (χ4n) is 5.91. The van der Waals surface area contributed by atoms with Gasteiger partial charge in [0.1, 0.15) is 18.2 Å². The van der Waals surface area contributed by atoms with Crippen LogP contribution in [-0.4, -0.2) is 5.78 Å². The summed E-state index contributed by atoms with van der Waals surface area (Å²) in [7, 11) is 0. The van der Waals surface area contributed by atoms with Crippen molar-refractivity contribution < 1.29 is 9.53 Å². The maximum atomic E-state index is 14.0. The Morgan fingerprint density at radius 3 is 2.41 bits per heavy atom. The number of benzene rings is 3. The molecule has 1 aliphatic carbocycles. The zero-order chi connectivity index (χ0) is 29.6. The maximum absolute atomic E-state index is 14.0. The number of halogens is 2. The number of hydrogen-bond donors (Lipinski definition) is 1. The molecule has 1 unspecified atom stereocenters. The molecule has 0 amide bonds. The highest BCUT2D eigenvalue weighted by Gasteiger charge is 2.45. The number of allylic oxidation sites excluding steroid dienone is 3. The molecule has 5 rings (SSSR count). The van der Waals surface area contributed by atoms with Crippen LogP contribution in [0.3, 0.4) is 0 Å². The molecule has 0 aromatic heterocycles. The number of rotatable bonds is 5. The average molecular weight is 631 g/mol. The van der Waals surface area contributed by atoms with Crippen LogP contribution in [0.1, 0.15) is 60.4 Å². The second-order valence-electron chi connectivity index (χ2n) is 11.8. The molecule has 41 heavy (non-hydrogen) atoms. The number of hydrogen-bond acceptors (Lipinski definition) is 5. The van der Waals surface area contributed by atoms with Gasteiger partial charge in [0.15, 0.2) is 5.78 Å². The fourth-order valence-corrected chi connectivity index (χ4v) is 6.35. The molecule has 1 aliphatic heterocycles. The second-order valence-corrected chi connectivity index (χ2v) is 13.1. The number of nitrogens with zero attached hydrogens (tertiary/aromatic N) is 2. The van der Waals surface area contributed by atoms with Gasteiger partial charge in [-0.25, -0.2) is 0 Å². The maximum Gasteiger partial charge on any atom is 0.162 e. The van der Waals surface area contributed by atoms with Crippen LogP contribution in [0.15, 0.2) is 81.7 Å². The summed E-state index contributed by atoms with van der Waals surface area (Å²) in [6.45, 7) is 10.6. The minimum atomic E-state index is -0.567. The van der Waals surface area contributed by atoms with Crippen molar-refractivity contribution in [2.24, 2.45) is 11.1 Å². The molecule has 2 aliphatic rings. The van der Waals surface area contributed by atoms with E-state index in [2.05, 4.69) is 54.9 Å². The Bertz CT molecular complexity index is 1660. The van der Waals surface area contributed by atoms with Gasteiger partial charge in [0, 0.05) is 32.9 Å². The van der Waals surface area contributed by atoms with Crippen molar-refractivity contribution in [1.82, 2.24) is 0 Å². The molecule has 0 saturated carbocycles. The lowest BCUT2D eigenvalue weighted by Gasteiger charge is -2.44. The Balaban J connectivity index is 1.66. The highest BCUT2D eigenvalue weighted by Crippen LogP contribution is 2.51. The largest absolute Gasteiger partial charge is 0.489 e. The molecule has 3 aromatic rings. The van der Waals surface area contributed by atoms with Crippen LogP contribution in [0, 0.1) is 37.5 Å². The predicted octanol–water partition coefficient (Wildman–Crippen LogP) is 8.55. The van der Waals surface area contributed by atoms with Gasteiger partial charge in [0.2, 0.25) is 0 Å². The van der Waals surface area contributed by atoms with Gasteiger partial charge in [-0.3, -0.25) is 9.69 Å². The Morgan fingerprint density at radius 2 is 1.76 bits per heavy atom. The van der Waals surface area contributed by atoms with Crippen LogP contribution in [0.4, 0.5) is 5.69 Å². The number of nitriles is 1. The lowest BCUT2D eigenvalue weighted by atomic mass is 9.68. The van der Waals surface area contributed by atoms with E-state index in [1.165, 1.54) is 0 Å². The van der Waals surface area contributed by atoms with Crippen LogP contribution < -0.4 is 15.4 Å². The van der Waals surface area contributed by atoms with Crippen molar-refractivity contribution in [3.8, 4) is 11.8 Å². The quantitative estimate of drug-likeness (QED) is 0.306. The van der Waals surface area contributed by atoms with E-state index in [0.717, 1.165) is 49.4 Å². The minimum Gasteiger partial charge on any atom is -0.489 e. The lowest BCUT2D eigenvalue weighted by Crippen LogP contribution is -2.42. The molecule has 2 N–H and O–H groups in total. The highest BCUT2D eigenvalue weighted by molar-refractivity contribution is 9.10. The molecule has 1 atom stereocenters. The van der Waals surface area contributed by atoms with Crippen LogP contribution in [0.25, 0.3) is 0 Å². The normalized spacial score (nSPS) is 18.3. The molecule has 0 fully saturated rings. The summed E-state index contributed by atoms with van der Waals surface area (Å²) in [6.07, 6.45) is 1.04. The van der Waals surface area contributed by atoms with E-state index in [9.17, 15) is 10.1 Å². The Morgan fingerprint density at radius 1 is 1.05 bits per heavy atom. The van der Waals surface area contributed by atoms with Crippen LogP contribution in [-0.2, 0) is 11.4 Å². The van der Waals surface area contributed by atoms with Gasteiger partial charge in [-0.1, -0.05) is 59.6 Å². The van der Waals surface area contributed by atoms with Gasteiger partial charge in [-0.05, 0) is 96.8 Å². The van der Waals surface area contributed by atoms with Gasteiger partial charge >= 0.3 is 0 Å². The molecule has 0 spiro atoms. The monoisotopic (exact) mass is 629 g/mol. The zero-order valence-corrected chi connectivity index (χ0v) is 26.3. The SMILES string of the molecule is Cc1ccc(N2C(N)=C(C#N)C(c3cc(COc4ccc(Br)cc4)c(C)cc3C)C3=C2CC(C)(C)CC3=O)cc1Cl. The first kappa shape index (κ1) is 29.0. The van der Waals surface area contributed by atoms with E-state index in [0.29, 0.717) is 41.4 Å². The Kier molecular flexibility index (Phi) is 7.80. The first-order valence-electron chi connectivity index (χ1n) is 13.6. The van der Waals surface area contributed by atoms with Crippen molar-refractivity contribution in [3.63, 3.8) is 0 Å². The number of carbonyl (C=O) groups is 1. The Labute approximate surface area is 255 Å². The first-order valence-corrected chi connectivity index (χ1v) is 14.8. The number of ketones is 1. The standard InChI is InChI=1S/C34H33BrClN3O2/c1-19-6-9-24(14-28(19)36)39-29-15-34(4,5)16-30(40)32(29)31(27(17-37)33(39)38)26-13-22(20(2)12-21(26)3)18-41-25-10-7-23(35)8-11-25/h6-14,31H,15-16,18,38H2,1-5H3. The Hall–Kier alpha value is -3.53. The summed E-state index contributed by atoms with van der Waals surface area (Å²) in [5.41, 5.74) is 14.1. The summed E-state index contributed by atoms with van der Waals surface area (Å²) < 4.78 is 7.10. The van der Waals surface area contributed by atoms with Gasteiger partial charge in [-0.15, -0.1) is 0 Å². The van der Waals surface area contributed by atoms with E-state index >= 15 is 0 Å². The smallest absolute Gasteiger partial charge is 0.162 e. The van der Waals surface area contributed by atoms with Gasteiger partial charge in [0.05, 0.1) is 17.6 Å². The number of aryl methyl sites for hydroxylation is 3. The van der Waals surface area contributed by atoms with E-state index in [-0.39, 0.29) is 11.2 Å². The van der Waals surface area contributed by atoms with Gasteiger partial charge in [0.25, 0.3) is 0 Å². The number of carbonyl (C=O) groups excluding carboxylic acids is 1. The molecular formula is C34H33BrClN3O2. The van der Waals surface area contributed by atoms with E-state index in [1.54, 1.807) is 0 Å². The molecule has 210 valence electrons. The average Bonchev–Trinajstić information content (AvgIpc) is 2.90. The van der Waals surface area contributed by atoms with Crippen molar-refractivity contribution in [2.45, 2.75) is 60.0 Å². The highest BCUT2D eigenvalue weighted by atomic mass is 79.9. The van der Waals surface area contributed by atoms with E-state index in [1.807, 2.05) is 61.2 Å². The van der Waals surface area contributed by atoms with Gasteiger partial charge in [-0.2, -0.15) is 5.26 Å². The number of anilines is 1. The number of nitrogens with two attached hydrogens (primary N) is 1. The molecule has 7 heteroatoms. The first-order chi connectivity index (χ1) is 19.4. The molecule has 5 nitrogen and oxygen atoms in total. The third-order valence-electron chi connectivity index (χ3n) is 8.04. The summed E-state index contributed by atoms with van der Waals surface area (Å²) in [5, 5.41) is 11.1. The third kappa shape index (κ3) is 5.54. The van der Waals surface area contributed by atoms with Crippen molar-refractivity contribution in [1.29, 1.82) is 5.26 Å². The predicted molar refractivity (Wildman–Crippen MR) is 168 cm³/mol. The lowest BCUT2D eigenvalue weighted by molar-refractivity contribution is -0.118. The van der Waals surface area contributed by atoms with E-state index < -0.39 is 5.92 Å². The van der Waals surface area contributed by atoms with Crippen LogP contribution in [0.5, 0.6) is 5.75 Å². The van der Waals surface area contributed by atoms with Crippen molar-refractivity contribution in [3.05, 3.63) is 115 Å². The number of Topliss-reactive ketones (excluding diaryl/α,β-unsaturated/α-hetero) is 1. The fraction of sp³-hybridized carbons (Fsp3) is 0.294.